The van der Waals surface area contributed by atoms with Gasteiger partial charge in [-0.05, 0) is 42.5 Å². The highest BCUT2D eigenvalue weighted by atomic mass is 32.2. The fraction of sp³-hybridized carbons (Fsp3) is 0.350. The first-order valence-corrected chi connectivity index (χ1v) is 11.9. The number of benzene rings is 2. The van der Waals surface area contributed by atoms with E-state index in [2.05, 4.69) is 0 Å². The Kier molecular flexibility index (Phi) is 4.68. The van der Waals surface area contributed by atoms with Gasteiger partial charge in [0, 0.05) is 17.1 Å². The molecule has 2 atom stereocenters. The number of sulfone groups is 1. The number of carbonyl (C=O) groups is 1. The number of nitrogens with zero attached hydrogens (tertiary/aromatic N) is 2. The number of thioether (sulfide) groups is 1. The normalized spacial score (nSPS) is 23.7. The van der Waals surface area contributed by atoms with Crippen LogP contribution >= 0.6 is 11.8 Å². The molecule has 7 heteroatoms. The van der Waals surface area contributed by atoms with Crippen LogP contribution in [-0.4, -0.2) is 49.2 Å². The smallest absolute Gasteiger partial charge is 0.314 e. The van der Waals surface area contributed by atoms with Crippen LogP contribution in [0, 0.1) is 6.92 Å². The van der Waals surface area contributed by atoms with Crippen LogP contribution in [0.4, 0.5) is 10.5 Å². The van der Waals surface area contributed by atoms with Gasteiger partial charge in [-0.25, -0.2) is 13.2 Å². The molecule has 2 fully saturated rings. The van der Waals surface area contributed by atoms with E-state index in [1.165, 1.54) is 0 Å². The van der Waals surface area contributed by atoms with Gasteiger partial charge in [0.1, 0.15) is 0 Å². The first kappa shape index (κ1) is 18.4. The standard InChI is InChI=1S/C20H22N2O3S2/c1-14-6-3-4-7-15(14)11-21-18-12-27(24,25)13-19(18)22(20(21)23)16-8-5-9-17(10-16)26-2/h3-10,18-19H,11-13H2,1-2H3/t18-,19-/m1/s1. The molecule has 0 bridgehead atoms. The zero-order valence-electron chi connectivity index (χ0n) is 15.3. The van der Waals surface area contributed by atoms with E-state index in [9.17, 15) is 13.2 Å². The van der Waals surface area contributed by atoms with Gasteiger partial charge in [-0.15, -0.1) is 11.8 Å². The molecule has 0 radical (unpaired) electrons. The largest absolute Gasteiger partial charge is 0.325 e. The Morgan fingerprint density at radius 1 is 1.07 bits per heavy atom. The lowest BCUT2D eigenvalue weighted by Gasteiger charge is -2.23. The van der Waals surface area contributed by atoms with Crippen LogP contribution in [-0.2, 0) is 16.4 Å². The maximum atomic E-state index is 13.3. The van der Waals surface area contributed by atoms with Crippen molar-refractivity contribution >= 4 is 33.3 Å². The molecular formula is C20H22N2O3S2. The third kappa shape index (κ3) is 3.34. The molecule has 0 aromatic heterocycles. The zero-order valence-corrected chi connectivity index (χ0v) is 17.0. The molecule has 142 valence electrons. The molecular weight excluding hydrogens is 380 g/mol. The quantitative estimate of drug-likeness (QED) is 0.581. The average Bonchev–Trinajstić information content (AvgIpc) is 3.07. The van der Waals surface area contributed by atoms with Crippen molar-refractivity contribution in [2.75, 3.05) is 22.7 Å². The molecule has 27 heavy (non-hydrogen) atoms. The Morgan fingerprint density at radius 3 is 2.56 bits per heavy atom. The molecule has 2 amide bonds. The summed E-state index contributed by atoms with van der Waals surface area (Å²) in [5, 5.41) is 0. The van der Waals surface area contributed by atoms with Gasteiger partial charge in [-0.3, -0.25) is 4.90 Å². The van der Waals surface area contributed by atoms with E-state index in [0.29, 0.717) is 6.54 Å². The lowest BCUT2D eigenvalue weighted by Crippen LogP contribution is -2.37. The van der Waals surface area contributed by atoms with Crippen molar-refractivity contribution in [2.24, 2.45) is 0 Å². The monoisotopic (exact) mass is 402 g/mol. The van der Waals surface area contributed by atoms with Gasteiger partial charge >= 0.3 is 6.03 Å². The first-order valence-electron chi connectivity index (χ1n) is 8.88. The van der Waals surface area contributed by atoms with Crippen molar-refractivity contribution in [3.05, 3.63) is 59.7 Å². The van der Waals surface area contributed by atoms with Crippen LogP contribution in [0.3, 0.4) is 0 Å². The van der Waals surface area contributed by atoms with E-state index in [0.717, 1.165) is 21.7 Å². The topological polar surface area (TPSA) is 57.7 Å². The number of rotatable bonds is 4. The maximum Gasteiger partial charge on any atom is 0.325 e. The summed E-state index contributed by atoms with van der Waals surface area (Å²) in [7, 11) is -3.16. The molecule has 0 saturated carbocycles. The molecule has 0 N–H and O–H groups in total. The molecule has 4 rings (SSSR count). The lowest BCUT2D eigenvalue weighted by molar-refractivity contribution is 0.205. The van der Waals surface area contributed by atoms with Crippen LogP contribution in [0.25, 0.3) is 0 Å². The van der Waals surface area contributed by atoms with Crippen molar-refractivity contribution in [2.45, 2.75) is 30.4 Å². The van der Waals surface area contributed by atoms with Gasteiger partial charge in [0.05, 0.1) is 23.6 Å². The minimum atomic E-state index is -3.16. The van der Waals surface area contributed by atoms with Crippen molar-refractivity contribution in [1.29, 1.82) is 0 Å². The molecule has 2 aromatic rings. The second-order valence-electron chi connectivity index (χ2n) is 7.12. The average molecular weight is 403 g/mol. The van der Waals surface area contributed by atoms with E-state index in [-0.39, 0.29) is 29.6 Å². The molecule has 2 aromatic carbocycles. The second kappa shape index (κ2) is 6.87. The highest BCUT2D eigenvalue weighted by Gasteiger charge is 2.53. The summed E-state index contributed by atoms with van der Waals surface area (Å²) in [5.41, 5.74) is 2.92. The summed E-state index contributed by atoms with van der Waals surface area (Å²) in [4.78, 5) is 17.8. The minimum absolute atomic E-state index is 0.0250. The van der Waals surface area contributed by atoms with Crippen molar-refractivity contribution in [1.82, 2.24) is 4.90 Å². The molecule has 5 nitrogen and oxygen atoms in total. The van der Waals surface area contributed by atoms with Crippen molar-refractivity contribution in [3.63, 3.8) is 0 Å². The molecule has 0 unspecified atom stereocenters. The van der Waals surface area contributed by atoms with Crippen molar-refractivity contribution < 1.29 is 13.2 Å². The van der Waals surface area contributed by atoms with Gasteiger partial charge in [-0.1, -0.05) is 30.3 Å². The van der Waals surface area contributed by atoms with E-state index >= 15 is 0 Å². The van der Waals surface area contributed by atoms with E-state index in [1.54, 1.807) is 21.6 Å². The lowest BCUT2D eigenvalue weighted by atomic mass is 10.1. The summed E-state index contributed by atoms with van der Waals surface area (Å²) in [6.07, 6.45) is 1.98. The fourth-order valence-corrected chi connectivity index (χ4v) is 6.40. The summed E-state index contributed by atoms with van der Waals surface area (Å²) in [5.74, 6) is 0.0607. The molecule has 0 aliphatic carbocycles. The van der Waals surface area contributed by atoms with Gasteiger partial charge < -0.3 is 4.90 Å². The number of aryl methyl sites for hydroxylation is 1. The Balaban J connectivity index is 1.73. The Labute approximate surface area is 164 Å². The number of anilines is 1. The van der Waals surface area contributed by atoms with Gasteiger partial charge in [0.15, 0.2) is 9.84 Å². The Bertz CT molecular complexity index is 990. The predicted molar refractivity (Wildman–Crippen MR) is 109 cm³/mol. The van der Waals surface area contributed by atoms with Crippen LogP contribution in [0.15, 0.2) is 53.4 Å². The van der Waals surface area contributed by atoms with Gasteiger partial charge in [0.25, 0.3) is 0 Å². The Morgan fingerprint density at radius 2 is 1.81 bits per heavy atom. The summed E-state index contributed by atoms with van der Waals surface area (Å²) in [6.45, 7) is 2.44. The van der Waals surface area contributed by atoms with Crippen molar-refractivity contribution in [3.8, 4) is 0 Å². The SMILES string of the molecule is CSc1cccc(N2C(=O)N(Cc3ccccc3C)[C@@H]3CS(=O)(=O)C[C@H]32)c1. The molecule has 2 aliphatic heterocycles. The highest BCUT2D eigenvalue weighted by Crippen LogP contribution is 2.37. The first-order chi connectivity index (χ1) is 12.9. The van der Waals surface area contributed by atoms with Crippen LogP contribution in [0.1, 0.15) is 11.1 Å². The van der Waals surface area contributed by atoms with Crippen LogP contribution < -0.4 is 4.90 Å². The van der Waals surface area contributed by atoms with Gasteiger partial charge in [-0.2, -0.15) is 0 Å². The van der Waals surface area contributed by atoms with E-state index in [1.807, 2.05) is 61.7 Å². The number of carbonyl (C=O) groups excluding carboxylic acids is 1. The zero-order chi connectivity index (χ0) is 19.2. The summed E-state index contributed by atoms with van der Waals surface area (Å²) in [6, 6.07) is 14.9. The number of amides is 2. The molecule has 2 saturated heterocycles. The van der Waals surface area contributed by atoms with Crippen LogP contribution in [0.5, 0.6) is 0 Å². The van der Waals surface area contributed by atoms with E-state index < -0.39 is 9.84 Å². The summed E-state index contributed by atoms with van der Waals surface area (Å²) < 4.78 is 24.7. The predicted octanol–water partition coefficient (Wildman–Crippen LogP) is 3.32. The summed E-state index contributed by atoms with van der Waals surface area (Å²) >= 11 is 1.60. The third-order valence-electron chi connectivity index (χ3n) is 5.41. The third-order valence-corrected chi connectivity index (χ3v) is 7.83. The minimum Gasteiger partial charge on any atom is -0.314 e. The second-order valence-corrected chi connectivity index (χ2v) is 10.2. The maximum absolute atomic E-state index is 13.3. The molecule has 2 aliphatic rings. The van der Waals surface area contributed by atoms with E-state index in [4.69, 9.17) is 0 Å². The molecule has 0 spiro atoms. The highest BCUT2D eigenvalue weighted by molar-refractivity contribution is 7.98. The number of urea groups is 1. The Hall–Kier alpha value is -1.99. The fourth-order valence-electron chi connectivity index (χ4n) is 4.00. The number of fused-ring (bicyclic) bond motifs is 1. The molecule has 2 heterocycles. The number of hydrogen-bond donors (Lipinski definition) is 0. The number of hydrogen-bond acceptors (Lipinski definition) is 4. The van der Waals surface area contributed by atoms with Gasteiger partial charge in [0.2, 0.25) is 0 Å². The van der Waals surface area contributed by atoms with Crippen LogP contribution in [0.2, 0.25) is 0 Å².